The molecule has 0 saturated carbocycles. The summed E-state index contributed by atoms with van der Waals surface area (Å²) in [7, 11) is 0. The summed E-state index contributed by atoms with van der Waals surface area (Å²) in [6.45, 7) is 5.33. The van der Waals surface area contributed by atoms with Crippen molar-refractivity contribution in [3.05, 3.63) is 53.4 Å². The average molecular weight is 317 g/mol. The first kappa shape index (κ1) is 15.3. The number of hydrogen-bond donors (Lipinski definition) is 0. The van der Waals surface area contributed by atoms with Gasteiger partial charge in [0, 0.05) is 43.6 Å². The van der Waals surface area contributed by atoms with Crippen LogP contribution in [0.25, 0.3) is 0 Å². The second-order valence-corrected chi connectivity index (χ2v) is 5.99. The molecule has 0 bridgehead atoms. The lowest BCUT2D eigenvalue weighted by atomic mass is 10.1. The van der Waals surface area contributed by atoms with Crippen molar-refractivity contribution in [3.63, 3.8) is 0 Å². The zero-order valence-electron chi connectivity index (χ0n) is 12.7. The molecule has 4 nitrogen and oxygen atoms in total. The Bertz CT molecular complexity index is 582. The Morgan fingerprint density at radius 2 is 1.86 bits per heavy atom. The van der Waals surface area contributed by atoms with Gasteiger partial charge < -0.3 is 4.90 Å². The molecule has 1 saturated heterocycles. The van der Waals surface area contributed by atoms with E-state index in [1.807, 2.05) is 18.3 Å². The maximum absolute atomic E-state index is 6.20. The first-order valence-electron chi connectivity index (χ1n) is 7.79. The van der Waals surface area contributed by atoms with Crippen LogP contribution < -0.4 is 4.90 Å². The van der Waals surface area contributed by atoms with Crippen LogP contribution >= 0.6 is 11.6 Å². The molecule has 1 aliphatic rings. The first-order valence-corrected chi connectivity index (χ1v) is 8.17. The topological polar surface area (TPSA) is 32.3 Å². The molecular weight excluding hydrogens is 296 g/mol. The lowest BCUT2D eigenvalue weighted by Gasteiger charge is -2.35. The third-order valence-corrected chi connectivity index (χ3v) is 4.49. The maximum atomic E-state index is 6.20. The lowest BCUT2D eigenvalue weighted by molar-refractivity contribution is 0.254. The zero-order chi connectivity index (χ0) is 15.2. The van der Waals surface area contributed by atoms with Gasteiger partial charge in [0.2, 0.25) is 0 Å². The van der Waals surface area contributed by atoms with E-state index in [0.29, 0.717) is 0 Å². The number of anilines is 1. The number of aromatic nitrogens is 2. The maximum Gasteiger partial charge on any atom is 0.147 e. The van der Waals surface area contributed by atoms with E-state index in [0.717, 1.165) is 56.4 Å². The van der Waals surface area contributed by atoms with Gasteiger partial charge in [-0.1, -0.05) is 29.8 Å². The number of nitrogens with zero attached hydrogens (tertiary/aromatic N) is 4. The van der Waals surface area contributed by atoms with E-state index in [9.17, 15) is 0 Å². The summed E-state index contributed by atoms with van der Waals surface area (Å²) in [5.74, 6) is 0.984. The highest BCUT2D eigenvalue weighted by atomic mass is 35.5. The molecule has 2 aromatic rings. The van der Waals surface area contributed by atoms with Crippen molar-refractivity contribution in [2.24, 2.45) is 0 Å². The molecule has 0 atom stereocenters. The van der Waals surface area contributed by atoms with Crippen LogP contribution in [0.15, 0.2) is 42.9 Å². The highest BCUT2D eigenvalue weighted by Gasteiger charge is 2.17. The average Bonchev–Trinajstić information content (AvgIpc) is 2.58. The Morgan fingerprint density at radius 3 is 2.59 bits per heavy atom. The summed E-state index contributed by atoms with van der Waals surface area (Å²) >= 11 is 6.20. The quantitative estimate of drug-likeness (QED) is 0.849. The van der Waals surface area contributed by atoms with Gasteiger partial charge >= 0.3 is 0 Å². The third kappa shape index (κ3) is 3.96. The van der Waals surface area contributed by atoms with Gasteiger partial charge in [0.25, 0.3) is 0 Å². The first-order chi connectivity index (χ1) is 10.8. The van der Waals surface area contributed by atoms with Crippen LogP contribution in [0.3, 0.4) is 0 Å². The Hall–Kier alpha value is -1.65. The summed E-state index contributed by atoms with van der Waals surface area (Å²) < 4.78 is 0. The smallest absolute Gasteiger partial charge is 0.147 e. The number of benzene rings is 1. The van der Waals surface area contributed by atoms with E-state index in [4.69, 9.17) is 11.6 Å². The van der Waals surface area contributed by atoms with Crippen LogP contribution in [0.4, 0.5) is 5.82 Å². The van der Waals surface area contributed by atoms with E-state index >= 15 is 0 Å². The Labute approximate surface area is 136 Å². The van der Waals surface area contributed by atoms with Crippen molar-refractivity contribution in [2.75, 3.05) is 37.6 Å². The molecule has 0 aliphatic carbocycles. The van der Waals surface area contributed by atoms with Crippen molar-refractivity contribution < 1.29 is 0 Å². The second kappa shape index (κ2) is 7.56. The molecule has 116 valence electrons. The van der Waals surface area contributed by atoms with Crippen molar-refractivity contribution in [3.8, 4) is 0 Å². The molecule has 0 spiro atoms. The minimum atomic E-state index is 0.884. The Kier molecular flexibility index (Phi) is 5.24. The SMILES string of the molecule is Clc1ccccc1CCCN1CCN(c2cnccn2)CC1. The number of piperazine rings is 1. The van der Waals surface area contributed by atoms with Crippen LogP contribution in [-0.2, 0) is 6.42 Å². The summed E-state index contributed by atoms with van der Waals surface area (Å²) in [6, 6.07) is 8.13. The molecule has 2 heterocycles. The largest absolute Gasteiger partial charge is 0.353 e. The van der Waals surface area contributed by atoms with Crippen LogP contribution in [0.1, 0.15) is 12.0 Å². The van der Waals surface area contributed by atoms with Crippen molar-refractivity contribution in [1.29, 1.82) is 0 Å². The van der Waals surface area contributed by atoms with Gasteiger partial charge in [-0.3, -0.25) is 9.88 Å². The lowest BCUT2D eigenvalue weighted by Crippen LogP contribution is -2.47. The van der Waals surface area contributed by atoms with Gasteiger partial charge in [-0.25, -0.2) is 4.98 Å². The summed E-state index contributed by atoms with van der Waals surface area (Å²) in [5.41, 5.74) is 1.25. The molecular formula is C17H21ClN4. The minimum Gasteiger partial charge on any atom is -0.353 e. The van der Waals surface area contributed by atoms with Crippen LogP contribution in [-0.4, -0.2) is 47.6 Å². The molecule has 5 heteroatoms. The van der Waals surface area contributed by atoms with E-state index in [2.05, 4.69) is 31.9 Å². The van der Waals surface area contributed by atoms with Gasteiger partial charge in [-0.05, 0) is 31.0 Å². The highest BCUT2D eigenvalue weighted by molar-refractivity contribution is 6.31. The van der Waals surface area contributed by atoms with Gasteiger partial charge in [0.05, 0.1) is 6.20 Å². The minimum absolute atomic E-state index is 0.884. The third-order valence-electron chi connectivity index (χ3n) is 4.12. The van der Waals surface area contributed by atoms with Gasteiger partial charge in [-0.15, -0.1) is 0 Å². The standard InChI is InChI=1S/C17H21ClN4/c18-16-6-2-1-4-15(16)5-3-9-21-10-12-22(13-11-21)17-14-19-7-8-20-17/h1-2,4,6-8,14H,3,5,9-13H2. The van der Waals surface area contributed by atoms with E-state index in [1.54, 1.807) is 12.4 Å². The monoisotopic (exact) mass is 316 g/mol. The molecule has 0 radical (unpaired) electrons. The van der Waals surface area contributed by atoms with E-state index in [-0.39, 0.29) is 0 Å². The van der Waals surface area contributed by atoms with E-state index < -0.39 is 0 Å². The normalized spacial score (nSPS) is 16.0. The van der Waals surface area contributed by atoms with Gasteiger partial charge in [0.15, 0.2) is 0 Å². The van der Waals surface area contributed by atoms with Crippen LogP contribution in [0.2, 0.25) is 5.02 Å². The number of halogens is 1. The van der Waals surface area contributed by atoms with Crippen molar-refractivity contribution in [2.45, 2.75) is 12.8 Å². The second-order valence-electron chi connectivity index (χ2n) is 5.59. The molecule has 3 rings (SSSR count). The molecule has 1 aromatic heterocycles. The number of hydrogen-bond acceptors (Lipinski definition) is 4. The fourth-order valence-electron chi connectivity index (χ4n) is 2.85. The van der Waals surface area contributed by atoms with Crippen LogP contribution in [0, 0.1) is 0 Å². The van der Waals surface area contributed by atoms with E-state index in [1.165, 1.54) is 5.56 Å². The predicted molar refractivity (Wildman–Crippen MR) is 90.5 cm³/mol. The Morgan fingerprint density at radius 1 is 1.05 bits per heavy atom. The van der Waals surface area contributed by atoms with Gasteiger partial charge in [-0.2, -0.15) is 0 Å². The molecule has 0 N–H and O–H groups in total. The number of aryl methyl sites for hydroxylation is 1. The Balaban J connectivity index is 1.42. The highest BCUT2D eigenvalue weighted by Crippen LogP contribution is 2.17. The number of rotatable bonds is 5. The molecule has 22 heavy (non-hydrogen) atoms. The molecule has 1 fully saturated rings. The fourth-order valence-corrected chi connectivity index (χ4v) is 3.08. The van der Waals surface area contributed by atoms with Crippen molar-refractivity contribution >= 4 is 17.4 Å². The molecule has 1 aromatic carbocycles. The summed E-state index contributed by atoms with van der Waals surface area (Å²) in [5, 5.41) is 0.884. The van der Waals surface area contributed by atoms with Crippen LogP contribution in [0.5, 0.6) is 0 Å². The zero-order valence-corrected chi connectivity index (χ0v) is 13.4. The summed E-state index contributed by atoms with van der Waals surface area (Å²) in [6.07, 6.45) is 7.51. The van der Waals surface area contributed by atoms with Crippen molar-refractivity contribution in [1.82, 2.24) is 14.9 Å². The molecule has 0 unspecified atom stereocenters. The van der Waals surface area contributed by atoms with Gasteiger partial charge in [0.1, 0.15) is 5.82 Å². The molecule has 0 amide bonds. The molecule has 1 aliphatic heterocycles. The fraction of sp³-hybridized carbons (Fsp3) is 0.412. The predicted octanol–water partition coefficient (Wildman–Crippen LogP) is 2.88. The summed E-state index contributed by atoms with van der Waals surface area (Å²) in [4.78, 5) is 13.3.